The maximum atomic E-state index is 12.5. The van der Waals surface area contributed by atoms with E-state index in [2.05, 4.69) is 0 Å². The Hall–Kier alpha value is -2.63. The predicted octanol–water partition coefficient (Wildman–Crippen LogP) is 2.71. The molecule has 1 N–H and O–H groups in total. The van der Waals surface area contributed by atoms with Gasteiger partial charge in [0.1, 0.15) is 6.54 Å². The Morgan fingerprint density at radius 3 is 2.52 bits per heavy atom. The van der Waals surface area contributed by atoms with Gasteiger partial charge in [-0.05, 0) is 31.7 Å². The summed E-state index contributed by atoms with van der Waals surface area (Å²) in [5.74, 6) is -1.18. The Morgan fingerprint density at radius 1 is 1.19 bits per heavy atom. The van der Waals surface area contributed by atoms with E-state index >= 15 is 0 Å². The largest absolute Gasteiger partial charge is 0.480 e. The number of hydrogen-bond acceptors (Lipinski definition) is 3. The highest BCUT2D eigenvalue weighted by Crippen LogP contribution is 2.18. The summed E-state index contributed by atoms with van der Waals surface area (Å²) in [4.78, 5) is 38.5. The number of benzene rings is 1. The molecule has 1 aromatic rings. The van der Waals surface area contributed by atoms with E-state index in [9.17, 15) is 14.4 Å². The zero-order valence-electron chi connectivity index (χ0n) is 16.1. The van der Waals surface area contributed by atoms with E-state index in [-0.39, 0.29) is 24.4 Å². The van der Waals surface area contributed by atoms with Crippen LogP contribution in [0.1, 0.15) is 43.7 Å². The molecule has 1 unspecified atom stereocenters. The summed E-state index contributed by atoms with van der Waals surface area (Å²) >= 11 is 0. The van der Waals surface area contributed by atoms with Crippen LogP contribution in [0.2, 0.25) is 0 Å². The van der Waals surface area contributed by atoms with Crippen molar-refractivity contribution in [1.29, 1.82) is 0 Å². The quantitative estimate of drug-likeness (QED) is 0.833. The Labute approximate surface area is 160 Å². The number of carbonyl (C=O) groups excluding carboxylic acids is 2. The summed E-state index contributed by atoms with van der Waals surface area (Å²) in [5, 5.41) is 9.01. The summed E-state index contributed by atoms with van der Waals surface area (Å²) in [6.45, 7) is 4.34. The van der Waals surface area contributed by atoms with Crippen LogP contribution in [0.5, 0.6) is 0 Å². The van der Waals surface area contributed by atoms with Crippen molar-refractivity contribution in [2.45, 2.75) is 45.6 Å². The lowest BCUT2D eigenvalue weighted by atomic mass is 10.1. The Bertz CT molecular complexity index is 697. The average molecular weight is 372 g/mol. The molecular formula is C21H28N2O4. The van der Waals surface area contributed by atoms with Gasteiger partial charge >= 0.3 is 5.97 Å². The van der Waals surface area contributed by atoms with E-state index in [0.29, 0.717) is 25.9 Å². The van der Waals surface area contributed by atoms with Crippen molar-refractivity contribution in [3.8, 4) is 0 Å². The van der Waals surface area contributed by atoms with E-state index in [0.717, 1.165) is 18.4 Å². The lowest BCUT2D eigenvalue weighted by Gasteiger charge is -2.28. The molecule has 1 saturated heterocycles. The number of carbonyl (C=O) groups is 3. The number of carboxylic acids is 1. The van der Waals surface area contributed by atoms with Crippen molar-refractivity contribution in [2.75, 3.05) is 19.6 Å². The molecule has 1 heterocycles. The van der Waals surface area contributed by atoms with Gasteiger partial charge in [-0.15, -0.1) is 0 Å². The van der Waals surface area contributed by atoms with Gasteiger partial charge in [-0.1, -0.05) is 42.0 Å². The van der Waals surface area contributed by atoms with E-state index < -0.39 is 5.97 Å². The first-order chi connectivity index (χ1) is 12.9. The van der Waals surface area contributed by atoms with Gasteiger partial charge in [-0.2, -0.15) is 0 Å². The molecule has 1 aliphatic heterocycles. The van der Waals surface area contributed by atoms with Crippen molar-refractivity contribution in [1.82, 2.24) is 9.80 Å². The second-order valence-corrected chi connectivity index (χ2v) is 7.02. The van der Waals surface area contributed by atoms with Crippen molar-refractivity contribution < 1.29 is 19.5 Å². The Morgan fingerprint density at radius 2 is 1.89 bits per heavy atom. The number of nitrogens with zero attached hydrogens (tertiary/aromatic N) is 2. The SMILES string of the molecule is CC(=O)N(CC(=O)O)C1CCCN(C(=O)C/C=C/c2ccc(C)cc2)CC1. The van der Waals surface area contributed by atoms with E-state index in [4.69, 9.17) is 5.11 Å². The molecule has 146 valence electrons. The Balaban J connectivity index is 1.88. The van der Waals surface area contributed by atoms with E-state index in [1.807, 2.05) is 48.2 Å². The lowest BCUT2D eigenvalue weighted by molar-refractivity contribution is -0.145. The number of aliphatic carboxylic acids is 1. The van der Waals surface area contributed by atoms with Crippen LogP contribution >= 0.6 is 0 Å². The third-order valence-electron chi connectivity index (χ3n) is 4.88. The van der Waals surface area contributed by atoms with Crippen LogP contribution < -0.4 is 0 Å². The van der Waals surface area contributed by atoms with Crippen LogP contribution in [-0.4, -0.2) is 58.4 Å². The van der Waals surface area contributed by atoms with E-state index in [1.165, 1.54) is 17.4 Å². The molecule has 0 saturated carbocycles. The van der Waals surface area contributed by atoms with Crippen molar-refractivity contribution in [3.63, 3.8) is 0 Å². The second-order valence-electron chi connectivity index (χ2n) is 7.02. The monoisotopic (exact) mass is 372 g/mol. The molecule has 27 heavy (non-hydrogen) atoms. The molecular weight excluding hydrogens is 344 g/mol. The summed E-state index contributed by atoms with van der Waals surface area (Å²) < 4.78 is 0. The van der Waals surface area contributed by atoms with Gasteiger partial charge in [0, 0.05) is 32.5 Å². The highest BCUT2D eigenvalue weighted by Gasteiger charge is 2.27. The first-order valence-electron chi connectivity index (χ1n) is 9.37. The van der Waals surface area contributed by atoms with Gasteiger partial charge < -0.3 is 14.9 Å². The lowest BCUT2D eigenvalue weighted by Crippen LogP contribution is -2.43. The van der Waals surface area contributed by atoms with Crippen LogP contribution in [0.25, 0.3) is 6.08 Å². The fraction of sp³-hybridized carbons (Fsp3) is 0.476. The molecule has 0 bridgehead atoms. The fourth-order valence-electron chi connectivity index (χ4n) is 3.39. The van der Waals surface area contributed by atoms with Crippen molar-refractivity contribution >= 4 is 23.9 Å². The maximum Gasteiger partial charge on any atom is 0.323 e. The van der Waals surface area contributed by atoms with E-state index in [1.54, 1.807) is 0 Å². The Kier molecular flexibility index (Phi) is 7.58. The van der Waals surface area contributed by atoms with Gasteiger partial charge in [-0.3, -0.25) is 14.4 Å². The predicted molar refractivity (Wildman–Crippen MR) is 104 cm³/mol. The molecule has 1 aliphatic rings. The van der Waals surface area contributed by atoms with Crippen LogP contribution in [-0.2, 0) is 14.4 Å². The average Bonchev–Trinajstić information content (AvgIpc) is 2.87. The van der Waals surface area contributed by atoms with Gasteiger partial charge in [0.05, 0.1) is 0 Å². The first-order valence-corrected chi connectivity index (χ1v) is 9.37. The molecule has 1 fully saturated rings. The highest BCUT2D eigenvalue weighted by atomic mass is 16.4. The molecule has 6 nitrogen and oxygen atoms in total. The third-order valence-corrected chi connectivity index (χ3v) is 4.88. The number of amides is 2. The van der Waals surface area contributed by atoms with Gasteiger partial charge in [0.15, 0.2) is 0 Å². The van der Waals surface area contributed by atoms with Crippen LogP contribution in [0, 0.1) is 6.92 Å². The summed E-state index contributed by atoms with van der Waals surface area (Å²) in [6, 6.07) is 7.99. The zero-order chi connectivity index (χ0) is 19.8. The molecule has 0 spiro atoms. The van der Waals surface area contributed by atoms with Crippen LogP contribution in [0.4, 0.5) is 0 Å². The summed E-state index contributed by atoms with van der Waals surface area (Å²) in [5.41, 5.74) is 2.26. The van der Waals surface area contributed by atoms with Crippen molar-refractivity contribution in [2.24, 2.45) is 0 Å². The molecule has 1 atom stereocenters. The molecule has 0 aromatic heterocycles. The number of hydrogen-bond donors (Lipinski definition) is 1. The maximum absolute atomic E-state index is 12.5. The number of likely N-dealkylation sites (tertiary alicyclic amines) is 1. The number of carboxylic acid groups (broad SMARTS) is 1. The molecule has 6 heteroatoms. The molecule has 2 rings (SSSR count). The standard InChI is InChI=1S/C21H28N2O4/c1-16-8-10-18(11-9-16)5-3-7-20(25)22-13-4-6-19(12-14-22)23(17(2)24)15-21(26)27/h3,5,8-11,19H,4,6-7,12-15H2,1-2H3,(H,26,27)/b5-3+. The van der Waals surface area contributed by atoms with Gasteiger partial charge in [0.2, 0.25) is 11.8 Å². The van der Waals surface area contributed by atoms with Gasteiger partial charge in [-0.25, -0.2) is 0 Å². The minimum Gasteiger partial charge on any atom is -0.480 e. The summed E-state index contributed by atoms with van der Waals surface area (Å²) in [6.07, 6.45) is 6.26. The summed E-state index contributed by atoms with van der Waals surface area (Å²) in [7, 11) is 0. The first kappa shape index (κ1) is 20.7. The molecule has 1 aromatic carbocycles. The minimum atomic E-state index is -1.01. The van der Waals surface area contributed by atoms with Crippen LogP contribution in [0.3, 0.4) is 0 Å². The van der Waals surface area contributed by atoms with Crippen molar-refractivity contribution in [3.05, 3.63) is 41.5 Å². The topological polar surface area (TPSA) is 77.9 Å². The molecule has 0 aliphatic carbocycles. The normalized spacial score (nSPS) is 17.6. The van der Waals surface area contributed by atoms with Crippen LogP contribution in [0.15, 0.2) is 30.3 Å². The number of rotatable bonds is 6. The third kappa shape index (κ3) is 6.55. The molecule has 2 amide bonds. The smallest absolute Gasteiger partial charge is 0.323 e. The zero-order valence-corrected chi connectivity index (χ0v) is 16.1. The van der Waals surface area contributed by atoms with Gasteiger partial charge in [0.25, 0.3) is 0 Å². The number of aryl methyl sites for hydroxylation is 1. The molecule has 0 radical (unpaired) electrons. The fourth-order valence-corrected chi connectivity index (χ4v) is 3.39. The highest BCUT2D eigenvalue weighted by molar-refractivity contribution is 5.80. The minimum absolute atomic E-state index is 0.0617. The second kappa shape index (κ2) is 9.90.